The highest BCUT2D eigenvalue weighted by molar-refractivity contribution is 6.53. The highest BCUT2D eigenvalue weighted by Gasteiger charge is 2.43. The van der Waals surface area contributed by atoms with E-state index < -0.39 is 0 Å². The van der Waals surface area contributed by atoms with E-state index in [0.717, 1.165) is 0 Å². The zero-order valence-electron chi connectivity index (χ0n) is 44.7. The van der Waals surface area contributed by atoms with Crippen molar-refractivity contribution in [1.29, 1.82) is 0 Å². The fourth-order valence-electron chi connectivity index (χ4n) is 14.1. The zero-order valence-corrected chi connectivity index (χ0v) is 44.7. The molecule has 0 aliphatic heterocycles. The summed E-state index contributed by atoms with van der Waals surface area (Å²) in [7, 11) is 0. The van der Waals surface area contributed by atoms with Crippen LogP contribution in [0, 0.1) is 16.7 Å². The maximum Gasteiger partial charge on any atom is 0.0647 e. The quantitative estimate of drug-likeness (QED) is 0.142. The van der Waals surface area contributed by atoms with Gasteiger partial charge in [0.25, 0.3) is 0 Å². The molecule has 0 bridgehead atoms. The van der Waals surface area contributed by atoms with Crippen LogP contribution in [-0.2, 0) is 21.7 Å². The Bertz CT molecular complexity index is 4140. The third-order valence-corrected chi connectivity index (χ3v) is 17.0. The summed E-state index contributed by atoms with van der Waals surface area (Å²) >= 11 is 0. The highest BCUT2D eigenvalue weighted by atomic mass is 14.5. The van der Waals surface area contributed by atoms with Gasteiger partial charge in [-0.25, -0.2) is 0 Å². The number of allylic oxidation sites excluding steroid dienone is 7. The van der Waals surface area contributed by atoms with E-state index in [1.807, 2.05) is 0 Å². The number of benzene rings is 7. The summed E-state index contributed by atoms with van der Waals surface area (Å²) in [6.07, 6.45) is 12.5. The van der Waals surface area contributed by atoms with E-state index in [1.54, 1.807) is 0 Å². The van der Waals surface area contributed by atoms with Gasteiger partial charge in [-0.15, -0.1) is 0 Å². The molecule has 1 radical (unpaired) electrons. The summed E-state index contributed by atoms with van der Waals surface area (Å²) < 4.78 is 0. The smallest absolute Gasteiger partial charge is 0.0616 e. The summed E-state index contributed by atoms with van der Waals surface area (Å²) in [6, 6.07) is 25.0. The molecule has 0 atom stereocenters. The van der Waals surface area contributed by atoms with Gasteiger partial charge in [0.1, 0.15) is 0 Å². The van der Waals surface area contributed by atoms with Crippen molar-refractivity contribution >= 4 is 109 Å². The minimum Gasteiger partial charge on any atom is -0.0616 e. The molecule has 0 aromatic heterocycles. The fourth-order valence-corrected chi connectivity index (χ4v) is 14.1. The van der Waals surface area contributed by atoms with Crippen LogP contribution in [0.1, 0.15) is 158 Å². The SMILES string of the molecule is CC(C)(C)C1=Cc2c3c(c4c2c2c5cc(C(C)(C)C)c6cccc7c(C(C)(C)C)cc(c5c67)c2c2c5cc(C(C)(C)C)c6cccc7c(C(C)(C)C)cc(c5c76)c42)=CC(C(C)(C)C)=C2C=CC=C1[C]23. The Hall–Kier alpha value is -5.72. The first-order valence-corrected chi connectivity index (χ1v) is 25.9. The van der Waals surface area contributed by atoms with Crippen LogP contribution in [-0.4, -0.2) is 0 Å². The van der Waals surface area contributed by atoms with Gasteiger partial charge in [0.2, 0.25) is 0 Å². The summed E-state index contributed by atoms with van der Waals surface area (Å²) in [5.74, 6) is 1.44. The van der Waals surface area contributed by atoms with Crippen molar-refractivity contribution in [3.05, 3.63) is 146 Å². The van der Waals surface area contributed by atoms with E-state index in [9.17, 15) is 0 Å². The second-order valence-corrected chi connectivity index (χ2v) is 27.9. The molecule has 0 nitrogen and oxygen atoms in total. The molecule has 13 rings (SSSR count). The minimum atomic E-state index is -0.0795. The van der Waals surface area contributed by atoms with E-state index >= 15 is 0 Å². The summed E-state index contributed by atoms with van der Waals surface area (Å²) in [5.41, 5.74) is 13.8. The lowest BCUT2D eigenvalue weighted by molar-refractivity contribution is 0.509. The van der Waals surface area contributed by atoms with Crippen molar-refractivity contribution in [1.82, 2.24) is 0 Å². The number of rotatable bonds is 0. The largest absolute Gasteiger partial charge is 0.0647 e. The van der Waals surface area contributed by atoms with E-state index in [0.29, 0.717) is 0 Å². The Labute approximate surface area is 409 Å². The van der Waals surface area contributed by atoms with Gasteiger partial charge in [-0.1, -0.05) is 179 Å². The molecule has 0 unspecified atom stereocenters. The molecule has 3 aliphatic rings. The summed E-state index contributed by atoms with van der Waals surface area (Å²) in [6.45, 7) is 43.7. The Morgan fingerprint density at radius 1 is 0.348 bits per heavy atom. The van der Waals surface area contributed by atoms with Crippen molar-refractivity contribution in [3.8, 4) is 0 Å². The molecular weight excluding hydrogens is 829 g/mol. The number of fused-ring (bicyclic) bond motifs is 12. The van der Waals surface area contributed by atoms with Crippen LogP contribution in [0.15, 0.2) is 101 Å². The fraction of sp³-hybridized carbons (Fsp3) is 0.348. The molecule has 3 aliphatic carbocycles. The molecular formula is C69H69. The third-order valence-electron chi connectivity index (χ3n) is 17.0. The highest BCUT2D eigenvalue weighted by Crippen LogP contribution is 2.61. The Morgan fingerprint density at radius 2 is 0.725 bits per heavy atom. The van der Waals surface area contributed by atoms with Crippen LogP contribution < -0.4 is 5.22 Å². The van der Waals surface area contributed by atoms with E-state index in [2.05, 4.69) is 216 Å². The van der Waals surface area contributed by atoms with Crippen LogP contribution in [0.4, 0.5) is 0 Å². The maximum atomic E-state index is 2.66. The number of hydrogen-bond donors (Lipinski definition) is 0. The Balaban J connectivity index is 1.46. The normalized spacial score (nSPS) is 16.7. The van der Waals surface area contributed by atoms with Gasteiger partial charge in [-0.3, -0.25) is 0 Å². The number of hydrogen-bond acceptors (Lipinski definition) is 0. The van der Waals surface area contributed by atoms with Gasteiger partial charge in [0.15, 0.2) is 0 Å². The first kappa shape index (κ1) is 43.3. The van der Waals surface area contributed by atoms with Crippen molar-refractivity contribution in [3.63, 3.8) is 0 Å². The summed E-state index contributed by atoms with van der Waals surface area (Å²) in [5, 5.41) is 27.1. The van der Waals surface area contributed by atoms with Crippen LogP contribution in [0.5, 0.6) is 0 Å². The van der Waals surface area contributed by atoms with Gasteiger partial charge in [0, 0.05) is 0 Å². The molecule has 0 N–H and O–H groups in total. The lowest BCUT2D eigenvalue weighted by Gasteiger charge is -2.39. The van der Waals surface area contributed by atoms with Crippen molar-refractivity contribution in [2.24, 2.45) is 10.8 Å². The second kappa shape index (κ2) is 12.8. The zero-order chi connectivity index (χ0) is 48.9. The summed E-state index contributed by atoms with van der Waals surface area (Å²) in [4.78, 5) is 0. The average Bonchev–Trinajstić information content (AvgIpc) is 3.87. The van der Waals surface area contributed by atoms with Gasteiger partial charge in [-0.05, 0) is 227 Å². The lowest BCUT2D eigenvalue weighted by Crippen LogP contribution is -2.30. The standard InChI is InChI=1S/C69H69/c1-64(2,3)46-28-40-55-41(29-47(65(4,5)6)35-23-19-22-34(46)52(35)55)59-58(40)60-42-30-48(66(7,8)9)36-24-20-25-37-49(67(10,11)12)31-43(56(42)53(36)37)62(60)63-45-33-51(69(16,17)18)39-27-21-26-38-50(68(13,14)15)32-44(61(59)63)57(45)54(38)39/h19-33H,1-18H3. The first-order chi connectivity index (χ1) is 32.1. The predicted octanol–water partition coefficient (Wildman–Crippen LogP) is 19.3. The van der Waals surface area contributed by atoms with Gasteiger partial charge in [-0.2, -0.15) is 0 Å². The van der Waals surface area contributed by atoms with Crippen molar-refractivity contribution < 1.29 is 0 Å². The maximum absolute atomic E-state index is 2.66. The molecule has 0 saturated carbocycles. The molecule has 10 aromatic rings. The average molecular weight is 898 g/mol. The minimum absolute atomic E-state index is 0.0795. The van der Waals surface area contributed by atoms with Gasteiger partial charge in [0.05, 0.1) is 5.92 Å². The van der Waals surface area contributed by atoms with E-state index in [-0.39, 0.29) is 32.5 Å². The van der Waals surface area contributed by atoms with Crippen LogP contribution in [0.3, 0.4) is 0 Å². The first-order valence-electron chi connectivity index (χ1n) is 25.9. The Kier molecular flexibility index (Phi) is 8.02. The van der Waals surface area contributed by atoms with Crippen molar-refractivity contribution in [2.75, 3.05) is 0 Å². The van der Waals surface area contributed by atoms with Crippen LogP contribution in [0.2, 0.25) is 0 Å². The van der Waals surface area contributed by atoms with Gasteiger partial charge >= 0.3 is 0 Å². The predicted molar refractivity (Wildman–Crippen MR) is 306 cm³/mol. The molecule has 0 fully saturated rings. The molecule has 0 heteroatoms. The molecule has 10 aromatic carbocycles. The van der Waals surface area contributed by atoms with E-state index in [4.69, 9.17) is 0 Å². The monoisotopic (exact) mass is 898 g/mol. The van der Waals surface area contributed by atoms with E-state index in [1.165, 1.54) is 164 Å². The third kappa shape index (κ3) is 5.42. The topological polar surface area (TPSA) is 0 Å². The molecule has 69 heavy (non-hydrogen) atoms. The van der Waals surface area contributed by atoms with Crippen molar-refractivity contribution in [2.45, 2.75) is 146 Å². The molecule has 345 valence electrons. The molecule has 0 saturated heterocycles. The molecule has 0 amide bonds. The molecule has 0 spiro atoms. The lowest BCUT2D eigenvalue weighted by atomic mass is 9.64. The second-order valence-electron chi connectivity index (χ2n) is 27.9. The molecule has 0 heterocycles. The van der Waals surface area contributed by atoms with Gasteiger partial charge < -0.3 is 0 Å². The van der Waals surface area contributed by atoms with Crippen LogP contribution in [0.25, 0.3) is 109 Å². The van der Waals surface area contributed by atoms with Crippen LogP contribution >= 0.6 is 0 Å². The Morgan fingerprint density at radius 3 is 1.10 bits per heavy atom.